The van der Waals surface area contributed by atoms with E-state index in [9.17, 15) is 23.6 Å². The lowest BCUT2D eigenvalue weighted by Crippen LogP contribution is -2.40. The van der Waals surface area contributed by atoms with Gasteiger partial charge in [-0.2, -0.15) is 8.87 Å². The molecule has 1 aliphatic heterocycles. The van der Waals surface area contributed by atoms with E-state index in [0.29, 0.717) is 37.6 Å². The zero-order valence-corrected chi connectivity index (χ0v) is 20.6. The molecule has 2 aromatic carbocycles. The van der Waals surface area contributed by atoms with Gasteiger partial charge in [0, 0.05) is 48.6 Å². The van der Waals surface area contributed by atoms with Gasteiger partial charge in [0.15, 0.2) is 23.1 Å². The molecule has 0 unspecified atom stereocenters. The van der Waals surface area contributed by atoms with E-state index < -0.39 is 14.9 Å². The van der Waals surface area contributed by atoms with Crippen LogP contribution in [-0.4, -0.2) is 54.0 Å². The number of anilines is 1. The van der Waals surface area contributed by atoms with Crippen LogP contribution in [0.25, 0.3) is 11.5 Å². The SMILES string of the molecule is O=[N+]([O-])c1ccc(/C(O)=C(/C(=S)Nc2ccc(S(=O)(=O)N3CCOCC3)cc2)[n+]2ccccc2)cc1. The Bertz CT molecular complexity index is 1390. The van der Waals surface area contributed by atoms with Crippen molar-refractivity contribution in [1.82, 2.24) is 4.31 Å². The highest BCUT2D eigenvalue weighted by Gasteiger charge is 2.27. The smallest absolute Gasteiger partial charge is 0.288 e. The molecule has 0 atom stereocenters. The molecule has 2 heterocycles. The van der Waals surface area contributed by atoms with Gasteiger partial charge in [-0.1, -0.05) is 18.3 Å². The van der Waals surface area contributed by atoms with E-state index in [1.54, 1.807) is 47.3 Å². The summed E-state index contributed by atoms with van der Waals surface area (Å²) in [5.74, 6) is -0.190. The highest BCUT2D eigenvalue weighted by atomic mass is 32.2. The predicted octanol–water partition coefficient (Wildman–Crippen LogP) is 3.23. The molecule has 12 heteroatoms. The molecule has 3 aromatic rings. The van der Waals surface area contributed by atoms with Crippen LogP contribution in [0.5, 0.6) is 0 Å². The summed E-state index contributed by atoms with van der Waals surface area (Å²) in [6.45, 7) is 1.32. The number of nitrogens with zero attached hydrogens (tertiary/aromatic N) is 3. The van der Waals surface area contributed by atoms with Crippen LogP contribution in [0.15, 0.2) is 84.0 Å². The van der Waals surface area contributed by atoms with Crippen LogP contribution >= 0.6 is 12.2 Å². The summed E-state index contributed by atoms with van der Waals surface area (Å²) >= 11 is 5.59. The third kappa shape index (κ3) is 5.57. The molecule has 0 bridgehead atoms. The Morgan fingerprint density at radius 3 is 2.22 bits per heavy atom. The summed E-state index contributed by atoms with van der Waals surface area (Å²) in [7, 11) is -3.63. The lowest BCUT2D eigenvalue weighted by molar-refractivity contribution is -0.575. The van der Waals surface area contributed by atoms with Gasteiger partial charge in [-0.25, -0.2) is 8.42 Å². The number of sulfonamides is 1. The van der Waals surface area contributed by atoms with E-state index >= 15 is 0 Å². The van der Waals surface area contributed by atoms with Crippen molar-refractivity contribution >= 4 is 50.1 Å². The second kappa shape index (κ2) is 10.9. The molecule has 1 fully saturated rings. The summed E-state index contributed by atoms with van der Waals surface area (Å²) in [5, 5.41) is 25.1. The number of aromatic nitrogens is 1. The van der Waals surface area contributed by atoms with Gasteiger partial charge in [-0.05, 0) is 36.4 Å². The Balaban J connectivity index is 1.61. The fourth-order valence-electron chi connectivity index (χ4n) is 3.61. The Hall–Kier alpha value is -3.71. The highest BCUT2D eigenvalue weighted by molar-refractivity contribution is 7.89. The summed E-state index contributed by atoms with van der Waals surface area (Å²) in [5.41, 5.74) is 0.993. The Morgan fingerprint density at radius 2 is 1.64 bits per heavy atom. The van der Waals surface area contributed by atoms with E-state index in [2.05, 4.69) is 5.32 Å². The number of nitrogens with one attached hydrogen (secondary N) is 1. The van der Waals surface area contributed by atoms with E-state index in [0.717, 1.165) is 0 Å². The third-order valence-corrected chi connectivity index (χ3v) is 7.69. The third-order valence-electron chi connectivity index (χ3n) is 5.48. The van der Waals surface area contributed by atoms with Crippen molar-refractivity contribution in [3.05, 3.63) is 94.8 Å². The fourth-order valence-corrected chi connectivity index (χ4v) is 5.34. The lowest BCUT2D eigenvalue weighted by Gasteiger charge is -2.26. The van der Waals surface area contributed by atoms with Gasteiger partial charge in [0.2, 0.25) is 10.0 Å². The number of nitro groups is 1. The van der Waals surface area contributed by atoms with Crippen LogP contribution in [0.4, 0.5) is 11.4 Å². The largest absolute Gasteiger partial charge is 0.502 e. The maximum absolute atomic E-state index is 12.9. The number of non-ortho nitro benzene ring substituents is 1. The van der Waals surface area contributed by atoms with Crippen molar-refractivity contribution in [2.75, 3.05) is 31.6 Å². The highest BCUT2D eigenvalue weighted by Crippen LogP contribution is 2.23. The van der Waals surface area contributed by atoms with Crippen molar-refractivity contribution < 1.29 is 27.8 Å². The fraction of sp³-hybridized carbons (Fsp3) is 0.167. The molecule has 0 radical (unpaired) electrons. The molecule has 4 rings (SSSR count). The van der Waals surface area contributed by atoms with Crippen LogP contribution in [0.1, 0.15) is 5.56 Å². The van der Waals surface area contributed by atoms with E-state index in [1.165, 1.54) is 40.7 Å². The number of hydrogen-bond donors (Lipinski definition) is 2. The Labute approximate surface area is 213 Å². The number of hydrogen-bond acceptors (Lipinski definition) is 7. The first kappa shape index (κ1) is 25.4. The second-order valence-corrected chi connectivity index (χ2v) is 10.1. The van der Waals surface area contributed by atoms with Gasteiger partial charge in [0.25, 0.3) is 11.4 Å². The first-order chi connectivity index (χ1) is 17.3. The first-order valence-corrected chi connectivity index (χ1v) is 12.8. The number of nitro benzene ring substituents is 1. The minimum Gasteiger partial charge on any atom is -0.502 e. The van der Waals surface area contributed by atoms with Crippen molar-refractivity contribution in [2.24, 2.45) is 0 Å². The molecule has 1 saturated heterocycles. The van der Waals surface area contributed by atoms with E-state index in [-0.39, 0.29) is 27.0 Å². The number of thiocarbonyl (C=S) groups is 1. The lowest BCUT2D eigenvalue weighted by atomic mass is 10.1. The molecule has 0 aliphatic carbocycles. The molecule has 36 heavy (non-hydrogen) atoms. The van der Waals surface area contributed by atoms with Gasteiger partial charge in [0.1, 0.15) is 0 Å². The number of ether oxygens (including phenoxy) is 1. The zero-order chi connectivity index (χ0) is 25.7. The average molecular weight is 528 g/mol. The number of morpholine rings is 1. The van der Waals surface area contributed by atoms with Crippen LogP contribution < -0.4 is 9.88 Å². The molecule has 0 amide bonds. The van der Waals surface area contributed by atoms with Crippen LogP contribution in [0.2, 0.25) is 0 Å². The standard InChI is InChI=1S/C24H22N4O6S2/c29-23(18-4-8-20(9-5-18)28(30)31)22(26-12-2-1-3-13-26)24(35)25-19-6-10-21(11-7-19)36(32,33)27-14-16-34-17-15-27/h1-13H,14-17H2,(H-,25,29,35)/p+1. The molecular formula is C24H23N4O6S2+. The quantitative estimate of drug-likeness (QED) is 0.120. The summed E-state index contributed by atoms with van der Waals surface area (Å²) < 4.78 is 34.0. The number of benzene rings is 2. The van der Waals surface area contributed by atoms with Gasteiger partial charge >= 0.3 is 0 Å². The topological polar surface area (TPSA) is 126 Å². The second-order valence-electron chi connectivity index (χ2n) is 7.78. The molecule has 10 nitrogen and oxygen atoms in total. The Kier molecular flexibility index (Phi) is 7.70. The zero-order valence-electron chi connectivity index (χ0n) is 19.0. The minimum atomic E-state index is -3.63. The number of aliphatic hydroxyl groups excluding tert-OH is 1. The van der Waals surface area contributed by atoms with E-state index in [1.807, 2.05) is 0 Å². The molecule has 186 valence electrons. The van der Waals surface area contributed by atoms with E-state index in [4.69, 9.17) is 17.0 Å². The molecular weight excluding hydrogens is 504 g/mol. The maximum Gasteiger partial charge on any atom is 0.288 e. The van der Waals surface area contributed by atoms with Crippen LogP contribution in [-0.2, 0) is 14.8 Å². The molecule has 2 N–H and O–H groups in total. The maximum atomic E-state index is 12.9. The van der Waals surface area contributed by atoms with Crippen LogP contribution in [0.3, 0.4) is 0 Å². The van der Waals surface area contributed by atoms with Crippen molar-refractivity contribution in [2.45, 2.75) is 4.90 Å². The number of rotatable bonds is 7. The number of pyridine rings is 1. The molecule has 0 saturated carbocycles. The normalized spacial score (nSPS) is 15.1. The monoisotopic (exact) mass is 527 g/mol. The minimum absolute atomic E-state index is 0.103. The van der Waals surface area contributed by atoms with Crippen LogP contribution in [0, 0.1) is 10.1 Å². The summed E-state index contributed by atoms with van der Waals surface area (Å²) in [6, 6.07) is 17.0. The van der Waals surface area contributed by atoms with Crippen molar-refractivity contribution in [3.63, 3.8) is 0 Å². The number of aliphatic hydroxyl groups is 1. The van der Waals surface area contributed by atoms with Gasteiger partial charge in [0.05, 0.1) is 23.0 Å². The van der Waals surface area contributed by atoms with Crippen molar-refractivity contribution in [1.29, 1.82) is 0 Å². The molecule has 0 spiro atoms. The van der Waals surface area contributed by atoms with Gasteiger partial charge < -0.3 is 15.2 Å². The predicted molar refractivity (Wildman–Crippen MR) is 138 cm³/mol. The summed E-state index contributed by atoms with van der Waals surface area (Å²) in [4.78, 5) is 10.8. The van der Waals surface area contributed by atoms with Crippen molar-refractivity contribution in [3.8, 4) is 0 Å². The first-order valence-electron chi connectivity index (χ1n) is 10.9. The Morgan fingerprint density at radius 1 is 1.03 bits per heavy atom. The average Bonchev–Trinajstić information content (AvgIpc) is 2.90. The van der Waals surface area contributed by atoms with Gasteiger partial charge in [-0.15, -0.1) is 0 Å². The molecule has 1 aliphatic rings. The summed E-state index contributed by atoms with van der Waals surface area (Å²) in [6.07, 6.45) is 3.39. The van der Waals surface area contributed by atoms with Gasteiger partial charge in [-0.3, -0.25) is 10.1 Å². The molecule has 1 aromatic heterocycles.